The zero-order valence-corrected chi connectivity index (χ0v) is 7.04. The van der Waals surface area contributed by atoms with Crippen LogP contribution < -0.4 is 5.73 Å². The third-order valence-corrected chi connectivity index (χ3v) is 1.79. The lowest BCUT2D eigenvalue weighted by Gasteiger charge is -2.08. The first-order valence-electron chi connectivity index (χ1n) is 3.92. The van der Waals surface area contributed by atoms with Gasteiger partial charge in [-0.05, 0) is 31.0 Å². The molecular weight excluding hydrogens is 136 g/mol. The van der Waals surface area contributed by atoms with Crippen molar-refractivity contribution in [2.75, 3.05) is 0 Å². The molecule has 0 aliphatic heterocycles. The Morgan fingerprint density at radius 3 is 2.91 bits per heavy atom. The molecule has 0 radical (unpaired) electrons. The molecule has 2 N–H and O–H groups in total. The van der Waals surface area contributed by atoms with Gasteiger partial charge in [-0.1, -0.05) is 6.92 Å². The van der Waals surface area contributed by atoms with Crippen LogP contribution in [0.2, 0.25) is 0 Å². The van der Waals surface area contributed by atoms with Gasteiger partial charge in [0.2, 0.25) is 0 Å². The first-order chi connectivity index (χ1) is 5.24. The molecule has 0 aromatic carbocycles. The molecule has 0 spiro atoms. The second kappa shape index (κ2) is 3.49. The number of rotatable bonds is 2. The van der Waals surface area contributed by atoms with Crippen LogP contribution in [0.15, 0.2) is 18.3 Å². The van der Waals surface area contributed by atoms with Gasteiger partial charge in [0.05, 0.1) is 0 Å². The molecule has 1 unspecified atom stereocenters. The molecule has 0 fully saturated rings. The molecular formula is C9H14N2. The van der Waals surface area contributed by atoms with Gasteiger partial charge < -0.3 is 5.73 Å². The predicted molar refractivity (Wildman–Crippen MR) is 46.2 cm³/mol. The minimum absolute atomic E-state index is 0.164. The minimum Gasteiger partial charge on any atom is -0.324 e. The van der Waals surface area contributed by atoms with Crippen LogP contribution in [0.1, 0.15) is 30.6 Å². The Kier molecular flexibility index (Phi) is 2.60. The molecule has 1 atom stereocenters. The number of hydrogen-bond donors (Lipinski definition) is 1. The molecule has 1 heterocycles. The maximum atomic E-state index is 5.84. The van der Waals surface area contributed by atoms with Crippen molar-refractivity contribution >= 4 is 0 Å². The van der Waals surface area contributed by atoms with Gasteiger partial charge in [0.25, 0.3) is 0 Å². The quantitative estimate of drug-likeness (QED) is 0.698. The molecule has 0 saturated carbocycles. The monoisotopic (exact) mass is 150 g/mol. The molecule has 0 aliphatic carbocycles. The first-order valence-corrected chi connectivity index (χ1v) is 3.92. The molecule has 0 saturated heterocycles. The highest BCUT2D eigenvalue weighted by Crippen LogP contribution is 2.12. The summed E-state index contributed by atoms with van der Waals surface area (Å²) < 4.78 is 0. The molecule has 1 aromatic rings. The fraction of sp³-hybridized carbons (Fsp3) is 0.444. The van der Waals surface area contributed by atoms with E-state index in [9.17, 15) is 0 Å². The van der Waals surface area contributed by atoms with Crippen molar-refractivity contribution in [3.63, 3.8) is 0 Å². The Morgan fingerprint density at radius 2 is 2.36 bits per heavy atom. The molecule has 1 aromatic heterocycles. The number of nitrogens with zero attached hydrogens (tertiary/aromatic N) is 1. The summed E-state index contributed by atoms with van der Waals surface area (Å²) in [4.78, 5) is 4.10. The van der Waals surface area contributed by atoms with Crippen molar-refractivity contribution in [2.24, 2.45) is 5.73 Å². The number of hydrogen-bond acceptors (Lipinski definition) is 2. The van der Waals surface area contributed by atoms with Crippen molar-refractivity contribution in [2.45, 2.75) is 26.3 Å². The van der Waals surface area contributed by atoms with Crippen molar-refractivity contribution in [3.05, 3.63) is 29.6 Å². The zero-order chi connectivity index (χ0) is 8.27. The smallest absolute Gasteiger partial charge is 0.0375 e. The van der Waals surface area contributed by atoms with Gasteiger partial charge in [-0.2, -0.15) is 0 Å². The van der Waals surface area contributed by atoms with Gasteiger partial charge in [-0.3, -0.25) is 4.98 Å². The van der Waals surface area contributed by atoms with Crippen LogP contribution in [0.5, 0.6) is 0 Å². The maximum Gasteiger partial charge on any atom is 0.0375 e. The van der Waals surface area contributed by atoms with E-state index in [4.69, 9.17) is 5.73 Å². The molecule has 0 amide bonds. The van der Waals surface area contributed by atoms with Crippen molar-refractivity contribution in [1.29, 1.82) is 0 Å². The highest BCUT2D eigenvalue weighted by Gasteiger charge is 2.01. The second-order valence-electron chi connectivity index (χ2n) is 2.75. The normalized spacial score (nSPS) is 13.0. The summed E-state index contributed by atoms with van der Waals surface area (Å²) in [6.45, 7) is 4.06. The van der Waals surface area contributed by atoms with E-state index in [1.54, 1.807) is 6.20 Å². The average molecular weight is 150 g/mol. The Balaban J connectivity index is 2.86. The van der Waals surface area contributed by atoms with Crippen molar-refractivity contribution in [1.82, 2.24) is 4.98 Å². The molecule has 11 heavy (non-hydrogen) atoms. The van der Waals surface area contributed by atoms with E-state index >= 15 is 0 Å². The predicted octanol–water partition coefficient (Wildman–Crippen LogP) is 1.80. The fourth-order valence-electron chi connectivity index (χ4n) is 1.03. The molecule has 0 bridgehead atoms. The van der Waals surface area contributed by atoms with E-state index in [-0.39, 0.29) is 6.04 Å². The highest BCUT2D eigenvalue weighted by molar-refractivity contribution is 5.18. The maximum absolute atomic E-state index is 5.84. The van der Waals surface area contributed by atoms with Crippen LogP contribution in [0.3, 0.4) is 0 Å². The van der Waals surface area contributed by atoms with E-state index in [0.29, 0.717) is 0 Å². The van der Waals surface area contributed by atoms with Gasteiger partial charge in [0.15, 0.2) is 0 Å². The molecule has 2 nitrogen and oxygen atoms in total. The third kappa shape index (κ3) is 2.02. The lowest BCUT2D eigenvalue weighted by atomic mass is 10.1. The van der Waals surface area contributed by atoms with Crippen LogP contribution in [-0.4, -0.2) is 4.98 Å². The average Bonchev–Trinajstić information content (AvgIpc) is 2.03. The summed E-state index contributed by atoms with van der Waals surface area (Å²) in [5.41, 5.74) is 8.05. The molecule has 60 valence electrons. The Bertz CT molecular complexity index is 233. The Morgan fingerprint density at radius 1 is 1.64 bits per heavy atom. The standard InChI is InChI=1S/C9H14N2/c1-3-9(10)8-4-5-11-7(2)6-8/h4-6,9H,3,10H2,1-2H3. The van der Waals surface area contributed by atoms with Gasteiger partial charge in [-0.25, -0.2) is 0 Å². The lowest BCUT2D eigenvalue weighted by Crippen LogP contribution is -2.08. The van der Waals surface area contributed by atoms with E-state index in [2.05, 4.69) is 11.9 Å². The largest absolute Gasteiger partial charge is 0.324 e. The van der Waals surface area contributed by atoms with E-state index in [1.165, 1.54) is 5.56 Å². The van der Waals surface area contributed by atoms with Gasteiger partial charge in [0, 0.05) is 17.9 Å². The van der Waals surface area contributed by atoms with Crippen molar-refractivity contribution < 1.29 is 0 Å². The van der Waals surface area contributed by atoms with Gasteiger partial charge in [-0.15, -0.1) is 0 Å². The van der Waals surface area contributed by atoms with Crippen LogP contribution in [-0.2, 0) is 0 Å². The Labute approximate surface area is 67.5 Å². The summed E-state index contributed by atoms with van der Waals surface area (Å²) in [6.07, 6.45) is 2.78. The minimum atomic E-state index is 0.164. The van der Waals surface area contributed by atoms with Gasteiger partial charge >= 0.3 is 0 Å². The van der Waals surface area contributed by atoms with E-state index in [1.807, 2.05) is 19.1 Å². The summed E-state index contributed by atoms with van der Waals surface area (Å²) in [6, 6.07) is 4.17. The highest BCUT2D eigenvalue weighted by atomic mass is 14.7. The second-order valence-corrected chi connectivity index (χ2v) is 2.75. The summed E-state index contributed by atoms with van der Waals surface area (Å²) in [7, 11) is 0. The molecule has 0 aliphatic rings. The number of aryl methyl sites for hydroxylation is 1. The van der Waals surface area contributed by atoms with Gasteiger partial charge in [0.1, 0.15) is 0 Å². The van der Waals surface area contributed by atoms with Crippen LogP contribution >= 0.6 is 0 Å². The number of nitrogens with two attached hydrogens (primary N) is 1. The van der Waals surface area contributed by atoms with Crippen LogP contribution in [0, 0.1) is 6.92 Å². The molecule has 1 rings (SSSR count). The van der Waals surface area contributed by atoms with Crippen molar-refractivity contribution in [3.8, 4) is 0 Å². The first kappa shape index (κ1) is 8.21. The Hall–Kier alpha value is -0.890. The summed E-state index contributed by atoms with van der Waals surface area (Å²) >= 11 is 0. The topological polar surface area (TPSA) is 38.9 Å². The van der Waals surface area contributed by atoms with E-state index in [0.717, 1.165) is 12.1 Å². The SMILES string of the molecule is CCC(N)c1ccnc(C)c1. The summed E-state index contributed by atoms with van der Waals surface area (Å²) in [5.74, 6) is 0. The lowest BCUT2D eigenvalue weighted by molar-refractivity contribution is 0.696. The van der Waals surface area contributed by atoms with Crippen LogP contribution in [0.25, 0.3) is 0 Å². The van der Waals surface area contributed by atoms with E-state index < -0.39 is 0 Å². The fourth-order valence-corrected chi connectivity index (χ4v) is 1.03. The third-order valence-electron chi connectivity index (χ3n) is 1.79. The van der Waals surface area contributed by atoms with Crippen LogP contribution in [0.4, 0.5) is 0 Å². The zero-order valence-electron chi connectivity index (χ0n) is 7.04. The summed E-state index contributed by atoms with van der Waals surface area (Å²) in [5, 5.41) is 0. The number of pyridine rings is 1. The number of aromatic nitrogens is 1. The molecule has 2 heteroatoms.